The molecule has 2 fully saturated rings. The maximum Gasteiger partial charge on any atom is 0.346 e. The summed E-state index contributed by atoms with van der Waals surface area (Å²) in [6.45, 7) is 4.85. The largest absolute Gasteiger partial charge is 0.449 e. The van der Waals surface area contributed by atoms with Crippen molar-refractivity contribution in [2.75, 3.05) is 26.2 Å². The molecule has 0 amide bonds. The third-order valence-electron chi connectivity index (χ3n) is 5.48. The lowest BCUT2D eigenvalue weighted by molar-refractivity contribution is -0.385. The molecule has 9 heteroatoms. The Bertz CT molecular complexity index is 1190. The first kappa shape index (κ1) is 20.2. The van der Waals surface area contributed by atoms with E-state index in [4.69, 9.17) is 9.26 Å². The molecule has 1 unspecified atom stereocenters. The topological polar surface area (TPSA) is 84.7 Å². The zero-order valence-corrected chi connectivity index (χ0v) is 17.9. The van der Waals surface area contributed by atoms with Gasteiger partial charge in [-0.2, -0.15) is 0 Å². The van der Waals surface area contributed by atoms with Crippen molar-refractivity contribution in [3.8, 4) is 11.5 Å². The minimum absolute atomic E-state index is 0.127. The summed E-state index contributed by atoms with van der Waals surface area (Å²) in [6, 6.07) is 17.9. The molecule has 3 aromatic carbocycles. The van der Waals surface area contributed by atoms with Gasteiger partial charge in [-0.25, -0.2) is 9.34 Å². The molecule has 0 spiro atoms. The molecule has 2 heterocycles. The molecule has 2 saturated heterocycles. The Morgan fingerprint density at radius 2 is 1.65 bits per heavy atom. The standard InChI is InChI=1S/C22H22N3O5P/c1-16(30-31(28,23-11-12-23)24-13-14-24)18-9-10-20(25(26)27)22(15-18)29-21-8-4-6-17-5-2-3-7-19(17)21/h2-10,15-16H,11-14H2,1H3. The van der Waals surface area contributed by atoms with E-state index in [1.54, 1.807) is 18.2 Å². The second-order valence-corrected chi connectivity index (χ2v) is 10.0. The third-order valence-corrected chi connectivity index (χ3v) is 8.30. The van der Waals surface area contributed by atoms with Crippen molar-refractivity contribution >= 4 is 24.1 Å². The normalized spacial score (nSPS) is 17.5. The summed E-state index contributed by atoms with van der Waals surface area (Å²) in [4.78, 5) is 11.2. The van der Waals surface area contributed by atoms with E-state index in [9.17, 15) is 14.7 Å². The second kappa shape index (κ2) is 7.73. The smallest absolute Gasteiger partial charge is 0.346 e. The van der Waals surface area contributed by atoms with Crippen LogP contribution < -0.4 is 4.74 Å². The lowest BCUT2D eigenvalue weighted by Gasteiger charge is -2.24. The van der Waals surface area contributed by atoms with Gasteiger partial charge in [-0.1, -0.05) is 36.4 Å². The number of nitro groups is 1. The van der Waals surface area contributed by atoms with Gasteiger partial charge in [0.2, 0.25) is 5.75 Å². The number of benzene rings is 3. The van der Waals surface area contributed by atoms with Crippen molar-refractivity contribution in [2.24, 2.45) is 0 Å². The lowest BCUT2D eigenvalue weighted by Crippen LogP contribution is -2.10. The highest BCUT2D eigenvalue weighted by atomic mass is 31.2. The molecular formula is C22H22N3O5P. The van der Waals surface area contributed by atoms with Crippen LogP contribution in [0.15, 0.2) is 60.7 Å². The molecule has 5 rings (SSSR count). The van der Waals surface area contributed by atoms with Crippen LogP contribution in [0.1, 0.15) is 18.6 Å². The highest BCUT2D eigenvalue weighted by Gasteiger charge is 2.50. The molecule has 3 aromatic rings. The van der Waals surface area contributed by atoms with Gasteiger partial charge in [0, 0.05) is 37.6 Å². The fourth-order valence-corrected chi connectivity index (χ4v) is 5.94. The van der Waals surface area contributed by atoms with E-state index in [2.05, 4.69) is 0 Å². The molecule has 0 bridgehead atoms. The lowest BCUT2D eigenvalue weighted by atomic mass is 10.1. The fraction of sp³-hybridized carbons (Fsp3) is 0.273. The quantitative estimate of drug-likeness (QED) is 0.202. The predicted octanol–water partition coefficient (Wildman–Crippen LogP) is 5.36. The van der Waals surface area contributed by atoms with Crippen LogP contribution in [-0.4, -0.2) is 40.4 Å². The van der Waals surface area contributed by atoms with Gasteiger partial charge in [0.15, 0.2) is 0 Å². The Hall–Kier alpha value is -2.77. The molecule has 160 valence electrons. The van der Waals surface area contributed by atoms with Crippen LogP contribution in [0.2, 0.25) is 0 Å². The number of nitro benzene ring substituents is 1. The SMILES string of the molecule is CC(OP(=O)(N1CC1)N1CC1)c1ccc([N+](=O)[O-])c(Oc2cccc3ccccc23)c1. The van der Waals surface area contributed by atoms with Crippen molar-refractivity contribution in [1.82, 2.24) is 9.34 Å². The van der Waals surface area contributed by atoms with Gasteiger partial charge in [0.05, 0.1) is 11.0 Å². The van der Waals surface area contributed by atoms with Gasteiger partial charge >= 0.3 is 13.4 Å². The van der Waals surface area contributed by atoms with Crippen LogP contribution in [0.3, 0.4) is 0 Å². The molecule has 1 atom stereocenters. The highest BCUT2D eigenvalue weighted by Crippen LogP contribution is 2.63. The number of fused-ring (bicyclic) bond motifs is 1. The predicted molar refractivity (Wildman–Crippen MR) is 117 cm³/mol. The fourth-order valence-electron chi connectivity index (χ4n) is 3.59. The first-order chi connectivity index (χ1) is 15.0. The number of hydrogen-bond acceptors (Lipinski definition) is 5. The monoisotopic (exact) mass is 439 g/mol. The van der Waals surface area contributed by atoms with Crippen LogP contribution in [0.25, 0.3) is 10.8 Å². The van der Waals surface area contributed by atoms with E-state index in [-0.39, 0.29) is 11.4 Å². The van der Waals surface area contributed by atoms with Crippen LogP contribution in [-0.2, 0) is 9.09 Å². The average molecular weight is 439 g/mol. The van der Waals surface area contributed by atoms with Gasteiger partial charge in [-0.05, 0) is 36.1 Å². The van der Waals surface area contributed by atoms with E-state index in [0.717, 1.165) is 37.0 Å². The maximum absolute atomic E-state index is 13.3. The summed E-state index contributed by atoms with van der Waals surface area (Å²) in [5, 5.41) is 13.5. The Kier molecular flexibility index (Phi) is 5.02. The molecule has 2 aliphatic rings. The van der Waals surface area contributed by atoms with Crippen LogP contribution in [0.4, 0.5) is 5.69 Å². The van der Waals surface area contributed by atoms with Crippen molar-refractivity contribution in [3.63, 3.8) is 0 Å². The number of ether oxygens (including phenoxy) is 1. The Labute approximate surface area is 179 Å². The second-order valence-electron chi connectivity index (χ2n) is 7.71. The molecule has 31 heavy (non-hydrogen) atoms. The molecule has 0 aromatic heterocycles. The van der Waals surface area contributed by atoms with Gasteiger partial charge in [0.25, 0.3) is 0 Å². The van der Waals surface area contributed by atoms with E-state index in [0.29, 0.717) is 11.3 Å². The molecular weight excluding hydrogens is 417 g/mol. The summed E-state index contributed by atoms with van der Waals surface area (Å²) < 4.78 is 29.1. The van der Waals surface area contributed by atoms with Gasteiger partial charge < -0.3 is 4.74 Å². The Morgan fingerprint density at radius 3 is 2.32 bits per heavy atom. The summed E-state index contributed by atoms with van der Waals surface area (Å²) in [5.41, 5.74) is 0.536. The highest BCUT2D eigenvalue weighted by molar-refractivity contribution is 7.54. The Balaban J connectivity index is 1.47. The van der Waals surface area contributed by atoms with E-state index in [1.807, 2.05) is 52.7 Å². The summed E-state index contributed by atoms with van der Waals surface area (Å²) in [6.07, 6.45) is -0.511. The van der Waals surface area contributed by atoms with Crippen LogP contribution in [0.5, 0.6) is 11.5 Å². The number of rotatable bonds is 8. The first-order valence-electron chi connectivity index (χ1n) is 10.2. The van der Waals surface area contributed by atoms with Crippen LogP contribution in [0, 0.1) is 10.1 Å². The number of hydrogen-bond donors (Lipinski definition) is 0. The third kappa shape index (κ3) is 3.95. The molecule has 8 nitrogen and oxygen atoms in total. The summed E-state index contributed by atoms with van der Waals surface area (Å²) >= 11 is 0. The molecule has 0 saturated carbocycles. The van der Waals surface area contributed by atoms with E-state index in [1.165, 1.54) is 6.07 Å². The van der Waals surface area contributed by atoms with E-state index < -0.39 is 18.7 Å². The molecule has 0 radical (unpaired) electrons. The first-order valence-corrected chi connectivity index (χ1v) is 11.7. The Morgan fingerprint density at radius 1 is 0.968 bits per heavy atom. The maximum atomic E-state index is 13.3. The number of nitrogens with zero attached hydrogens (tertiary/aromatic N) is 3. The molecule has 0 N–H and O–H groups in total. The van der Waals surface area contributed by atoms with Crippen LogP contribution >= 0.6 is 7.67 Å². The molecule has 2 aliphatic heterocycles. The zero-order chi connectivity index (χ0) is 21.6. The van der Waals surface area contributed by atoms with E-state index >= 15 is 0 Å². The van der Waals surface area contributed by atoms with Crippen molar-refractivity contribution in [3.05, 3.63) is 76.3 Å². The minimum atomic E-state index is -3.02. The van der Waals surface area contributed by atoms with Crippen molar-refractivity contribution in [1.29, 1.82) is 0 Å². The summed E-state index contributed by atoms with van der Waals surface area (Å²) in [7, 11) is -3.02. The average Bonchev–Trinajstić information content (AvgIpc) is 3.65. The minimum Gasteiger partial charge on any atom is -0.449 e. The van der Waals surface area contributed by atoms with Gasteiger partial charge in [-0.15, -0.1) is 0 Å². The van der Waals surface area contributed by atoms with Crippen molar-refractivity contribution < 1.29 is 18.7 Å². The molecule has 0 aliphatic carbocycles. The summed E-state index contributed by atoms with van der Waals surface area (Å²) in [5.74, 6) is 0.661. The van der Waals surface area contributed by atoms with Gasteiger partial charge in [-0.3, -0.25) is 19.2 Å². The van der Waals surface area contributed by atoms with Crippen molar-refractivity contribution in [2.45, 2.75) is 13.0 Å². The van der Waals surface area contributed by atoms with Gasteiger partial charge in [0.1, 0.15) is 5.75 Å². The zero-order valence-electron chi connectivity index (χ0n) is 17.0.